The maximum Gasteiger partial charge on any atom is 0.309 e. The van der Waals surface area contributed by atoms with Gasteiger partial charge < -0.3 is 24.2 Å². The molecule has 2 aliphatic heterocycles. The zero-order chi connectivity index (χ0) is 30.5. The van der Waals surface area contributed by atoms with Crippen LogP contribution in [0.1, 0.15) is 48.4 Å². The van der Waals surface area contributed by atoms with Crippen LogP contribution in [0.3, 0.4) is 0 Å². The summed E-state index contributed by atoms with van der Waals surface area (Å²) in [4.78, 5) is 21.3. The second-order valence-corrected chi connectivity index (χ2v) is 13.4. The van der Waals surface area contributed by atoms with Gasteiger partial charge in [-0.1, -0.05) is 47.2 Å². The number of rotatable bonds is 12. The molecule has 1 fully saturated rings. The van der Waals surface area contributed by atoms with E-state index >= 15 is 0 Å². The fraction of sp³-hybridized carbons (Fsp3) is 0.515. The third-order valence-electron chi connectivity index (χ3n) is 8.79. The van der Waals surface area contributed by atoms with Gasteiger partial charge in [0.25, 0.3) is 0 Å². The van der Waals surface area contributed by atoms with E-state index in [1.165, 1.54) is 28.4 Å². The van der Waals surface area contributed by atoms with Crippen LogP contribution in [0.25, 0.3) is 11.3 Å². The molecule has 0 amide bonds. The Morgan fingerprint density at radius 3 is 2.77 bits per heavy atom. The monoisotopic (exact) mass is 719 g/mol. The van der Waals surface area contributed by atoms with Gasteiger partial charge in [0, 0.05) is 60.3 Å². The zero-order valence-corrected chi connectivity index (χ0v) is 28.4. The Bertz CT molecular complexity index is 1400. The molecular formula is C33H42IN3O5S. The fourth-order valence-corrected chi connectivity index (χ4v) is 7.92. The third kappa shape index (κ3) is 7.29. The standard InChI is InChI=1S/C33H42IN3O5S/c1-5-24(8-11-34)36-12-9-23-15-22(16-30(40-3)27(23)17-36)19-42-29-7-6-21(2)14-26(29)28-20-43-33(35-28)37-13-10-25(32(38)39)31(18-37)41-4/h6-7,14-16,20,24-25,31H,5,8-13,17-19H2,1-4H3,(H,38,39)/t24?,25-,31+/m1/s1. The molecule has 2 aromatic carbocycles. The molecule has 3 atom stereocenters. The van der Waals surface area contributed by atoms with Gasteiger partial charge >= 0.3 is 5.97 Å². The van der Waals surface area contributed by atoms with Crippen LogP contribution in [0.5, 0.6) is 11.5 Å². The second-order valence-electron chi connectivity index (χ2n) is 11.5. The zero-order valence-electron chi connectivity index (χ0n) is 25.5. The molecule has 232 valence electrons. The van der Waals surface area contributed by atoms with Crippen molar-refractivity contribution in [3.8, 4) is 22.8 Å². The van der Waals surface area contributed by atoms with Gasteiger partial charge in [-0.3, -0.25) is 9.69 Å². The number of carbonyl (C=O) groups is 1. The summed E-state index contributed by atoms with van der Waals surface area (Å²) in [5.41, 5.74) is 6.69. The van der Waals surface area contributed by atoms with E-state index in [-0.39, 0.29) is 6.10 Å². The molecule has 0 saturated carbocycles. The lowest BCUT2D eigenvalue weighted by atomic mass is 9.94. The van der Waals surface area contributed by atoms with E-state index in [0.717, 1.165) is 58.5 Å². The molecule has 1 unspecified atom stereocenters. The molecule has 3 heterocycles. The topological polar surface area (TPSA) is 84.4 Å². The number of nitrogens with zero attached hydrogens (tertiary/aromatic N) is 3. The number of fused-ring (bicyclic) bond motifs is 1. The predicted molar refractivity (Wildman–Crippen MR) is 180 cm³/mol. The summed E-state index contributed by atoms with van der Waals surface area (Å²) in [7, 11) is 3.34. The van der Waals surface area contributed by atoms with Gasteiger partial charge in [0.1, 0.15) is 18.1 Å². The quantitative estimate of drug-likeness (QED) is 0.166. The van der Waals surface area contributed by atoms with Crippen molar-refractivity contribution < 1.29 is 24.1 Å². The lowest BCUT2D eigenvalue weighted by Crippen LogP contribution is -2.47. The van der Waals surface area contributed by atoms with Crippen LogP contribution in [0.15, 0.2) is 35.7 Å². The van der Waals surface area contributed by atoms with Gasteiger partial charge in [0.05, 0.1) is 24.8 Å². The van der Waals surface area contributed by atoms with Crippen LogP contribution >= 0.6 is 33.9 Å². The molecule has 0 bridgehead atoms. The normalized spacial score (nSPS) is 19.6. The number of aryl methyl sites for hydroxylation is 1. The van der Waals surface area contributed by atoms with Crippen LogP contribution in [0, 0.1) is 12.8 Å². The molecule has 0 radical (unpaired) electrons. The highest BCUT2D eigenvalue weighted by Crippen LogP contribution is 2.37. The Balaban J connectivity index is 1.32. The number of anilines is 1. The molecule has 0 spiro atoms. The van der Waals surface area contributed by atoms with Crippen molar-refractivity contribution in [1.29, 1.82) is 0 Å². The van der Waals surface area contributed by atoms with E-state index < -0.39 is 11.9 Å². The van der Waals surface area contributed by atoms with Gasteiger partial charge in [-0.25, -0.2) is 4.98 Å². The Morgan fingerprint density at radius 2 is 2.05 bits per heavy atom. The first-order valence-corrected chi connectivity index (χ1v) is 17.4. The average molecular weight is 720 g/mol. The van der Waals surface area contributed by atoms with Crippen molar-refractivity contribution in [2.75, 3.05) is 43.2 Å². The van der Waals surface area contributed by atoms with Crippen LogP contribution in [0.4, 0.5) is 5.13 Å². The van der Waals surface area contributed by atoms with Crippen molar-refractivity contribution in [2.24, 2.45) is 5.92 Å². The first-order chi connectivity index (χ1) is 20.8. The number of hydrogen-bond acceptors (Lipinski definition) is 8. The number of halogens is 1. The first kappa shape index (κ1) is 32.0. The number of thiazole rings is 1. The van der Waals surface area contributed by atoms with Crippen molar-refractivity contribution in [3.63, 3.8) is 0 Å². The number of hydrogen-bond donors (Lipinski definition) is 1. The minimum Gasteiger partial charge on any atom is -0.496 e. The van der Waals surface area contributed by atoms with Gasteiger partial charge in [-0.05, 0) is 61.9 Å². The highest BCUT2D eigenvalue weighted by Gasteiger charge is 2.35. The Hall–Kier alpha value is -2.41. The predicted octanol–water partition coefficient (Wildman–Crippen LogP) is 6.59. The van der Waals surface area contributed by atoms with E-state index in [0.29, 0.717) is 32.2 Å². The summed E-state index contributed by atoms with van der Waals surface area (Å²) in [5, 5.41) is 12.5. The molecular weight excluding hydrogens is 677 g/mol. The van der Waals surface area contributed by atoms with Gasteiger partial charge in [-0.2, -0.15) is 0 Å². The minimum absolute atomic E-state index is 0.364. The summed E-state index contributed by atoms with van der Waals surface area (Å²) >= 11 is 4.05. The number of piperidine rings is 1. The van der Waals surface area contributed by atoms with Crippen molar-refractivity contribution in [3.05, 3.63) is 58.0 Å². The van der Waals surface area contributed by atoms with Gasteiger partial charge in [-0.15, -0.1) is 11.3 Å². The summed E-state index contributed by atoms with van der Waals surface area (Å²) in [6.07, 6.45) is 3.57. The molecule has 43 heavy (non-hydrogen) atoms. The molecule has 3 aromatic rings. The number of aromatic nitrogens is 1. The van der Waals surface area contributed by atoms with E-state index in [9.17, 15) is 9.90 Å². The van der Waals surface area contributed by atoms with Crippen molar-refractivity contribution in [2.45, 2.75) is 64.8 Å². The van der Waals surface area contributed by atoms with Crippen LogP contribution in [0.2, 0.25) is 0 Å². The Labute approximate surface area is 272 Å². The Morgan fingerprint density at radius 1 is 1.21 bits per heavy atom. The average Bonchev–Trinajstić information content (AvgIpc) is 3.52. The maximum absolute atomic E-state index is 11.6. The largest absolute Gasteiger partial charge is 0.496 e. The highest BCUT2D eigenvalue weighted by atomic mass is 127. The number of carboxylic acid groups (broad SMARTS) is 1. The number of alkyl halides is 1. The highest BCUT2D eigenvalue weighted by molar-refractivity contribution is 14.1. The SMILES string of the molecule is CCC(CCI)N1CCc2cc(COc3ccc(C)cc3-c3csc(N4CC[C@@H](C(=O)O)[C@@H](OC)C4)n3)cc(OC)c2C1. The summed E-state index contributed by atoms with van der Waals surface area (Å²) in [6.45, 7) is 7.94. The second kappa shape index (κ2) is 14.6. The van der Waals surface area contributed by atoms with Gasteiger partial charge in [0.2, 0.25) is 0 Å². The summed E-state index contributed by atoms with van der Waals surface area (Å²) in [6, 6.07) is 11.2. The minimum atomic E-state index is -0.803. The first-order valence-electron chi connectivity index (χ1n) is 15.0. The van der Waals surface area contributed by atoms with Crippen LogP contribution < -0.4 is 14.4 Å². The molecule has 0 aliphatic carbocycles. The number of carboxylic acids is 1. The molecule has 2 aliphatic rings. The van der Waals surface area contributed by atoms with E-state index in [2.05, 4.69) is 75.9 Å². The lowest BCUT2D eigenvalue weighted by Gasteiger charge is -2.36. The molecule has 5 rings (SSSR count). The fourth-order valence-electron chi connectivity index (χ4n) is 6.34. The summed E-state index contributed by atoms with van der Waals surface area (Å²) < 4.78 is 19.1. The molecule has 1 saturated heterocycles. The third-order valence-corrected chi connectivity index (χ3v) is 10.3. The maximum atomic E-state index is 11.6. The smallest absolute Gasteiger partial charge is 0.309 e. The Kier molecular flexibility index (Phi) is 10.8. The van der Waals surface area contributed by atoms with Crippen molar-refractivity contribution in [1.82, 2.24) is 9.88 Å². The van der Waals surface area contributed by atoms with Crippen molar-refractivity contribution >= 4 is 45.0 Å². The van der Waals surface area contributed by atoms with Gasteiger partial charge in [0.15, 0.2) is 5.13 Å². The van der Waals surface area contributed by atoms with E-state index in [4.69, 9.17) is 19.2 Å². The van der Waals surface area contributed by atoms with E-state index in [1.807, 2.05) is 6.07 Å². The number of benzene rings is 2. The number of ether oxygens (including phenoxy) is 3. The summed E-state index contributed by atoms with van der Waals surface area (Å²) in [5.74, 6) is 0.435. The molecule has 1 aromatic heterocycles. The molecule has 8 nitrogen and oxygen atoms in total. The molecule has 10 heteroatoms. The lowest BCUT2D eigenvalue weighted by molar-refractivity contribution is -0.147. The number of methoxy groups -OCH3 is 2. The number of aliphatic carboxylic acids is 1. The van der Waals surface area contributed by atoms with E-state index in [1.54, 1.807) is 25.6 Å². The molecule has 1 N–H and O–H groups in total. The van der Waals surface area contributed by atoms with Crippen LogP contribution in [-0.2, 0) is 29.1 Å². The van der Waals surface area contributed by atoms with Crippen LogP contribution in [-0.4, -0.2) is 71.4 Å².